The van der Waals surface area contributed by atoms with Gasteiger partial charge in [-0.15, -0.1) is 0 Å². The minimum absolute atomic E-state index is 0.0298. The third-order valence-corrected chi connectivity index (χ3v) is 4.76. The Morgan fingerprint density at radius 2 is 1.81 bits per heavy atom. The van der Waals surface area contributed by atoms with Gasteiger partial charge < -0.3 is 14.2 Å². The number of nitro groups is 1. The van der Waals surface area contributed by atoms with E-state index in [0.717, 1.165) is 5.56 Å². The molecule has 160 valence electrons. The van der Waals surface area contributed by atoms with Crippen LogP contribution in [0.5, 0.6) is 17.2 Å². The molecule has 8 heteroatoms. The highest BCUT2D eigenvalue weighted by molar-refractivity contribution is 6.14. The molecule has 3 aromatic rings. The summed E-state index contributed by atoms with van der Waals surface area (Å²) in [5.74, 6) is 0.390. The second-order valence-electron chi connectivity index (χ2n) is 6.95. The van der Waals surface area contributed by atoms with Crippen molar-refractivity contribution in [2.75, 3.05) is 7.11 Å². The van der Waals surface area contributed by atoms with E-state index in [0.29, 0.717) is 16.9 Å². The first-order valence-corrected chi connectivity index (χ1v) is 9.59. The zero-order valence-electron chi connectivity index (χ0n) is 16.9. The molecule has 0 atom stereocenters. The largest absolute Gasteiger partial charge is 0.497 e. The van der Waals surface area contributed by atoms with E-state index < -0.39 is 10.9 Å². The quantitative estimate of drug-likeness (QED) is 0.188. The van der Waals surface area contributed by atoms with E-state index in [9.17, 15) is 19.7 Å². The zero-order chi connectivity index (χ0) is 22.7. The van der Waals surface area contributed by atoms with Crippen molar-refractivity contribution in [2.24, 2.45) is 0 Å². The molecule has 0 unspecified atom stereocenters. The molecule has 0 saturated carbocycles. The monoisotopic (exact) mass is 431 g/mol. The Labute approximate surface area is 182 Å². The smallest absolute Gasteiger partial charge is 0.315 e. The van der Waals surface area contributed by atoms with Crippen LogP contribution >= 0.6 is 0 Å². The Bertz CT molecular complexity index is 1250. The molecule has 1 aliphatic heterocycles. The maximum atomic E-state index is 12.6. The van der Waals surface area contributed by atoms with Crippen molar-refractivity contribution in [3.63, 3.8) is 0 Å². The maximum absolute atomic E-state index is 12.6. The molecule has 3 aromatic carbocycles. The van der Waals surface area contributed by atoms with Crippen LogP contribution in [0.15, 0.2) is 72.5 Å². The Morgan fingerprint density at radius 3 is 2.53 bits per heavy atom. The molecule has 0 amide bonds. The van der Waals surface area contributed by atoms with E-state index in [-0.39, 0.29) is 35.1 Å². The number of ether oxygens (including phenoxy) is 3. The number of ketones is 1. The number of fused-ring (bicyclic) bond motifs is 1. The lowest BCUT2D eigenvalue weighted by atomic mass is 10.1. The first kappa shape index (κ1) is 20.8. The van der Waals surface area contributed by atoms with E-state index in [2.05, 4.69) is 0 Å². The average Bonchev–Trinajstić information content (AvgIpc) is 3.09. The molecule has 0 saturated heterocycles. The van der Waals surface area contributed by atoms with Crippen LogP contribution in [0.2, 0.25) is 0 Å². The second-order valence-corrected chi connectivity index (χ2v) is 6.95. The summed E-state index contributed by atoms with van der Waals surface area (Å²) in [5, 5.41) is 10.9. The van der Waals surface area contributed by atoms with Crippen molar-refractivity contribution in [3.8, 4) is 17.2 Å². The number of Topliss-reactive ketones (excluding diaryl/α,β-unsaturated/α-hetero) is 1. The van der Waals surface area contributed by atoms with Crippen LogP contribution in [0.1, 0.15) is 21.5 Å². The van der Waals surface area contributed by atoms with E-state index in [1.807, 2.05) is 0 Å². The van der Waals surface area contributed by atoms with E-state index in [1.165, 1.54) is 42.5 Å². The molecular formula is C24H17NO7. The van der Waals surface area contributed by atoms with Crippen LogP contribution in [0, 0.1) is 10.1 Å². The molecule has 0 bridgehead atoms. The molecule has 0 spiro atoms. The number of nitrogens with zero attached hydrogens (tertiary/aromatic N) is 1. The lowest BCUT2D eigenvalue weighted by Crippen LogP contribution is -2.11. The summed E-state index contributed by atoms with van der Waals surface area (Å²) in [5.41, 5.74) is 1.46. The summed E-state index contributed by atoms with van der Waals surface area (Å²) in [6, 6.07) is 17.4. The fourth-order valence-corrected chi connectivity index (χ4v) is 3.19. The highest BCUT2D eigenvalue weighted by Gasteiger charge is 2.28. The number of nitro benzene ring substituents is 1. The number of carbonyl (C=O) groups excluding carboxylic acids is 2. The Morgan fingerprint density at radius 1 is 1.06 bits per heavy atom. The molecular weight excluding hydrogens is 414 g/mol. The molecule has 4 rings (SSSR count). The van der Waals surface area contributed by atoms with Gasteiger partial charge in [0.2, 0.25) is 5.78 Å². The fourth-order valence-electron chi connectivity index (χ4n) is 3.19. The maximum Gasteiger partial charge on any atom is 0.315 e. The lowest BCUT2D eigenvalue weighted by Gasteiger charge is -2.06. The minimum Gasteiger partial charge on any atom is -0.497 e. The number of non-ortho nitro benzene ring substituents is 1. The zero-order valence-corrected chi connectivity index (χ0v) is 16.9. The van der Waals surface area contributed by atoms with Gasteiger partial charge in [0.1, 0.15) is 17.2 Å². The Kier molecular flexibility index (Phi) is 5.67. The van der Waals surface area contributed by atoms with Crippen LogP contribution < -0.4 is 14.2 Å². The predicted octanol–water partition coefficient (Wildman–Crippen LogP) is 4.37. The van der Waals surface area contributed by atoms with Gasteiger partial charge in [-0.25, -0.2) is 0 Å². The molecule has 0 aromatic heterocycles. The van der Waals surface area contributed by atoms with Gasteiger partial charge in [0, 0.05) is 18.2 Å². The number of carbonyl (C=O) groups is 2. The number of esters is 1. The molecule has 0 N–H and O–H groups in total. The van der Waals surface area contributed by atoms with E-state index in [4.69, 9.17) is 14.2 Å². The summed E-state index contributed by atoms with van der Waals surface area (Å²) in [6.07, 6.45) is 1.50. The van der Waals surface area contributed by atoms with E-state index >= 15 is 0 Å². The van der Waals surface area contributed by atoms with Crippen molar-refractivity contribution in [3.05, 3.63) is 99.3 Å². The Hall–Kier alpha value is -4.46. The number of rotatable bonds is 6. The number of methoxy groups -OCH3 is 1. The molecule has 1 heterocycles. The summed E-state index contributed by atoms with van der Waals surface area (Å²) < 4.78 is 16.1. The van der Waals surface area contributed by atoms with Gasteiger partial charge in [0.15, 0.2) is 5.76 Å². The van der Waals surface area contributed by atoms with Gasteiger partial charge >= 0.3 is 5.97 Å². The number of hydrogen-bond acceptors (Lipinski definition) is 7. The average molecular weight is 431 g/mol. The topological polar surface area (TPSA) is 105 Å². The SMILES string of the molecule is COc1ccc(CC(=O)Oc2ccc3c(c2)O/C(=C\c2cccc([N+](=O)[O-])c2)C3=O)cc1. The third kappa shape index (κ3) is 4.49. The van der Waals surface area contributed by atoms with Gasteiger partial charge in [-0.3, -0.25) is 19.7 Å². The molecule has 0 fully saturated rings. The molecule has 32 heavy (non-hydrogen) atoms. The molecule has 0 aliphatic carbocycles. The van der Waals surface area contributed by atoms with Gasteiger partial charge in [0.25, 0.3) is 5.69 Å². The van der Waals surface area contributed by atoms with Crippen molar-refractivity contribution in [2.45, 2.75) is 6.42 Å². The van der Waals surface area contributed by atoms with Crippen LogP contribution in [-0.4, -0.2) is 23.8 Å². The van der Waals surface area contributed by atoms with Gasteiger partial charge in [-0.1, -0.05) is 24.3 Å². The Balaban J connectivity index is 1.47. The normalized spacial score (nSPS) is 13.4. The van der Waals surface area contributed by atoms with Crippen LogP contribution in [0.3, 0.4) is 0 Å². The second kappa shape index (κ2) is 8.73. The van der Waals surface area contributed by atoms with Crippen LogP contribution in [-0.2, 0) is 11.2 Å². The third-order valence-electron chi connectivity index (χ3n) is 4.76. The van der Waals surface area contributed by atoms with E-state index in [1.54, 1.807) is 37.4 Å². The summed E-state index contributed by atoms with van der Waals surface area (Å²) >= 11 is 0. The fraction of sp³-hybridized carbons (Fsp3) is 0.0833. The number of hydrogen-bond donors (Lipinski definition) is 0. The van der Waals surface area contributed by atoms with Gasteiger partial charge in [0.05, 0.1) is 24.0 Å². The highest BCUT2D eigenvalue weighted by Crippen LogP contribution is 2.35. The first-order chi connectivity index (χ1) is 15.4. The summed E-state index contributed by atoms with van der Waals surface area (Å²) in [7, 11) is 1.56. The minimum atomic E-state index is -0.513. The molecule has 1 aliphatic rings. The predicted molar refractivity (Wildman–Crippen MR) is 115 cm³/mol. The first-order valence-electron chi connectivity index (χ1n) is 9.59. The number of benzene rings is 3. The number of allylic oxidation sites excluding steroid dienone is 1. The van der Waals surface area contributed by atoms with Crippen molar-refractivity contribution >= 4 is 23.5 Å². The molecule has 0 radical (unpaired) electrons. The van der Waals surface area contributed by atoms with Crippen molar-refractivity contribution < 1.29 is 28.7 Å². The summed E-state index contributed by atoms with van der Waals surface area (Å²) in [4.78, 5) is 35.3. The van der Waals surface area contributed by atoms with Crippen molar-refractivity contribution in [1.29, 1.82) is 0 Å². The standard InChI is InChI=1S/C24H17NO7/c1-30-18-7-5-15(6-8-18)13-23(26)31-19-9-10-20-21(14-19)32-22(24(20)27)12-16-3-2-4-17(11-16)25(28)29/h2-12,14H,13H2,1H3/b22-12-. The highest BCUT2D eigenvalue weighted by atomic mass is 16.6. The molecule has 8 nitrogen and oxygen atoms in total. The van der Waals surface area contributed by atoms with Crippen LogP contribution in [0.25, 0.3) is 6.08 Å². The van der Waals surface area contributed by atoms with Gasteiger partial charge in [-0.05, 0) is 41.5 Å². The van der Waals surface area contributed by atoms with Crippen molar-refractivity contribution in [1.82, 2.24) is 0 Å². The van der Waals surface area contributed by atoms with Crippen LogP contribution in [0.4, 0.5) is 5.69 Å². The van der Waals surface area contributed by atoms with Gasteiger partial charge in [-0.2, -0.15) is 0 Å². The lowest BCUT2D eigenvalue weighted by molar-refractivity contribution is -0.384. The summed E-state index contributed by atoms with van der Waals surface area (Å²) in [6.45, 7) is 0.